The molecule has 2 heterocycles. The van der Waals surface area contributed by atoms with Gasteiger partial charge in [-0.15, -0.1) is 0 Å². The number of fused-ring (bicyclic) bond motifs is 3. The monoisotopic (exact) mass is 423 g/mol. The second-order valence-corrected chi connectivity index (χ2v) is 7.79. The van der Waals surface area contributed by atoms with Crippen molar-refractivity contribution in [1.82, 2.24) is 15.2 Å². The Labute approximate surface area is 180 Å². The van der Waals surface area contributed by atoms with E-state index in [1.807, 2.05) is 23.1 Å². The first-order valence-electron chi connectivity index (χ1n) is 10.5. The number of nitrogens with one attached hydrogen (secondary N) is 2. The summed E-state index contributed by atoms with van der Waals surface area (Å²) in [4.78, 5) is 30.1. The van der Waals surface area contributed by atoms with E-state index in [1.54, 1.807) is 19.2 Å². The molecule has 0 fully saturated rings. The van der Waals surface area contributed by atoms with Gasteiger partial charge in [0.1, 0.15) is 11.6 Å². The van der Waals surface area contributed by atoms with Gasteiger partial charge in [-0.2, -0.15) is 0 Å². The average molecular weight is 423 g/mol. The summed E-state index contributed by atoms with van der Waals surface area (Å²) in [6.07, 6.45) is 1.73. The highest BCUT2D eigenvalue weighted by Gasteiger charge is 2.24. The van der Waals surface area contributed by atoms with E-state index >= 15 is 0 Å². The van der Waals surface area contributed by atoms with E-state index in [2.05, 4.69) is 10.3 Å². The highest BCUT2D eigenvalue weighted by atomic mass is 19.1. The number of hydrogen-bond donors (Lipinski definition) is 2. The zero-order chi connectivity index (χ0) is 21.8. The molecule has 1 aliphatic heterocycles. The van der Waals surface area contributed by atoms with Gasteiger partial charge < -0.3 is 19.9 Å². The van der Waals surface area contributed by atoms with Crippen LogP contribution in [0.15, 0.2) is 42.5 Å². The van der Waals surface area contributed by atoms with Gasteiger partial charge in [0.15, 0.2) is 0 Å². The minimum atomic E-state index is -0.275. The van der Waals surface area contributed by atoms with Crippen LogP contribution in [0.3, 0.4) is 0 Å². The maximum Gasteiger partial charge on any atom is 0.223 e. The molecular weight excluding hydrogens is 397 g/mol. The number of rotatable bonds is 7. The molecule has 7 heteroatoms. The molecule has 0 saturated heterocycles. The molecule has 31 heavy (non-hydrogen) atoms. The SMILES string of the molecule is COc1ccc2[nH]c3c(c2c1)CN(C(=O)CCC(=O)NCCc1ccc(F)cc1)CC3. The lowest BCUT2D eigenvalue weighted by molar-refractivity contribution is -0.134. The summed E-state index contributed by atoms with van der Waals surface area (Å²) in [5.74, 6) is 0.347. The van der Waals surface area contributed by atoms with Crippen LogP contribution in [-0.2, 0) is 29.0 Å². The predicted octanol–water partition coefficient (Wildman–Crippen LogP) is 3.34. The number of carbonyl (C=O) groups is 2. The number of H-pyrrole nitrogens is 1. The van der Waals surface area contributed by atoms with Crippen molar-refractivity contribution in [3.05, 3.63) is 65.1 Å². The molecule has 4 rings (SSSR count). The third-order valence-corrected chi connectivity index (χ3v) is 5.75. The minimum Gasteiger partial charge on any atom is -0.497 e. The van der Waals surface area contributed by atoms with Crippen LogP contribution in [0.1, 0.15) is 29.7 Å². The Kier molecular flexibility index (Phi) is 6.21. The first-order valence-corrected chi connectivity index (χ1v) is 10.5. The number of amides is 2. The Bertz CT molecular complexity index is 1090. The topological polar surface area (TPSA) is 74.4 Å². The highest BCUT2D eigenvalue weighted by molar-refractivity contribution is 5.88. The molecule has 2 aromatic carbocycles. The summed E-state index contributed by atoms with van der Waals surface area (Å²) < 4.78 is 18.3. The summed E-state index contributed by atoms with van der Waals surface area (Å²) in [6, 6.07) is 12.1. The smallest absolute Gasteiger partial charge is 0.223 e. The zero-order valence-electron chi connectivity index (χ0n) is 17.5. The molecule has 0 spiro atoms. The van der Waals surface area contributed by atoms with E-state index in [0.29, 0.717) is 26.1 Å². The number of nitrogens with zero attached hydrogens (tertiary/aromatic N) is 1. The van der Waals surface area contributed by atoms with E-state index in [0.717, 1.165) is 39.9 Å². The molecule has 6 nitrogen and oxygen atoms in total. The Morgan fingerprint density at radius 1 is 1.16 bits per heavy atom. The molecule has 2 N–H and O–H groups in total. The van der Waals surface area contributed by atoms with Crippen LogP contribution < -0.4 is 10.1 Å². The van der Waals surface area contributed by atoms with Gasteiger partial charge in [0.2, 0.25) is 11.8 Å². The van der Waals surface area contributed by atoms with Gasteiger partial charge >= 0.3 is 0 Å². The minimum absolute atomic E-state index is 0.0171. The maximum atomic E-state index is 12.9. The lowest BCUT2D eigenvalue weighted by Gasteiger charge is -2.27. The van der Waals surface area contributed by atoms with Gasteiger partial charge in [0.05, 0.1) is 7.11 Å². The fourth-order valence-electron chi connectivity index (χ4n) is 4.00. The molecule has 0 atom stereocenters. The average Bonchev–Trinajstić information content (AvgIpc) is 3.15. The van der Waals surface area contributed by atoms with E-state index < -0.39 is 0 Å². The van der Waals surface area contributed by atoms with Crippen molar-refractivity contribution in [2.75, 3.05) is 20.2 Å². The van der Waals surface area contributed by atoms with Crippen LogP contribution >= 0.6 is 0 Å². The number of hydrogen-bond acceptors (Lipinski definition) is 3. The van der Waals surface area contributed by atoms with Gasteiger partial charge in [-0.05, 0) is 42.3 Å². The predicted molar refractivity (Wildman–Crippen MR) is 116 cm³/mol. The van der Waals surface area contributed by atoms with Crippen LogP contribution in [0.4, 0.5) is 4.39 Å². The number of benzene rings is 2. The highest BCUT2D eigenvalue weighted by Crippen LogP contribution is 2.30. The number of aromatic nitrogens is 1. The van der Waals surface area contributed by atoms with Crippen LogP contribution in [0.2, 0.25) is 0 Å². The number of methoxy groups -OCH3 is 1. The van der Waals surface area contributed by atoms with Crippen molar-refractivity contribution in [2.45, 2.75) is 32.2 Å². The Balaban J connectivity index is 1.27. The molecule has 0 bridgehead atoms. The van der Waals surface area contributed by atoms with Crippen LogP contribution in [0, 0.1) is 5.82 Å². The van der Waals surface area contributed by atoms with Crippen molar-refractivity contribution in [1.29, 1.82) is 0 Å². The molecule has 3 aromatic rings. The fourth-order valence-corrected chi connectivity index (χ4v) is 4.00. The third-order valence-electron chi connectivity index (χ3n) is 5.75. The first kappa shape index (κ1) is 20.9. The third kappa shape index (κ3) is 4.87. The van der Waals surface area contributed by atoms with Gasteiger partial charge in [0.25, 0.3) is 0 Å². The molecule has 0 aliphatic carbocycles. The van der Waals surface area contributed by atoms with Gasteiger partial charge in [-0.3, -0.25) is 9.59 Å². The molecule has 1 aromatic heterocycles. The standard InChI is InChI=1S/C24H26FN3O3/c1-31-18-6-7-21-19(14-18)20-15-28(13-11-22(20)27-21)24(30)9-8-23(29)26-12-10-16-2-4-17(25)5-3-16/h2-7,14,27H,8-13,15H2,1H3,(H,26,29). The number of aromatic amines is 1. The summed E-state index contributed by atoms with van der Waals surface area (Å²) >= 11 is 0. The van der Waals surface area contributed by atoms with E-state index in [1.165, 1.54) is 12.1 Å². The van der Waals surface area contributed by atoms with Gasteiger partial charge in [-0.1, -0.05) is 12.1 Å². The molecule has 2 amide bonds. The lowest BCUT2D eigenvalue weighted by atomic mass is 10.0. The van der Waals surface area contributed by atoms with Crippen molar-refractivity contribution < 1.29 is 18.7 Å². The summed E-state index contributed by atoms with van der Waals surface area (Å²) in [6.45, 7) is 1.64. The van der Waals surface area contributed by atoms with Crippen LogP contribution in [0.5, 0.6) is 5.75 Å². The van der Waals surface area contributed by atoms with Crippen molar-refractivity contribution >= 4 is 22.7 Å². The van der Waals surface area contributed by atoms with E-state index in [4.69, 9.17) is 4.74 Å². The second-order valence-electron chi connectivity index (χ2n) is 7.79. The first-order chi connectivity index (χ1) is 15.0. The number of ether oxygens (including phenoxy) is 1. The van der Waals surface area contributed by atoms with Gasteiger partial charge in [-0.25, -0.2) is 4.39 Å². The summed E-state index contributed by atoms with van der Waals surface area (Å²) in [5.41, 5.74) is 4.28. The summed E-state index contributed by atoms with van der Waals surface area (Å²) in [5, 5.41) is 3.90. The Morgan fingerprint density at radius 2 is 1.97 bits per heavy atom. The molecule has 0 saturated carbocycles. The quantitative estimate of drug-likeness (QED) is 0.612. The lowest BCUT2D eigenvalue weighted by Crippen LogP contribution is -2.36. The number of halogens is 1. The van der Waals surface area contributed by atoms with Crippen molar-refractivity contribution in [3.63, 3.8) is 0 Å². The van der Waals surface area contributed by atoms with Crippen molar-refractivity contribution in [3.8, 4) is 5.75 Å². The molecule has 1 aliphatic rings. The molecule has 0 radical (unpaired) electrons. The van der Waals surface area contributed by atoms with Gasteiger partial charge in [0, 0.05) is 61.1 Å². The molecule has 162 valence electrons. The maximum absolute atomic E-state index is 12.9. The normalized spacial score (nSPS) is 13.2. The number of carbonyl (C=O) groups excluding carboxylic acids is 2. The zero-order valence-corrected chi connectivity index (χ0v) is 17.5. The molecule has 0 unspecified atom stereocenters. The molecular formula is C24H26FN3O3. The van der Waals surface area contributed by atoms with E-state index in [9.17, 15) is 14.0 Å². The van der Waals surface area contributed by atoms with E-state index in [-0.39, 0.29) is 30.5 Å². The van der Waals surface area contributed by atoms with Crippen LogP contribution in [0.25, 0.3) is 10.9 Å². The van der Waals surface area contributed by atoms with Crippen molar-refractivity contribution in [2.24, 2.45) is 0 Å². The van der Waals surface area contributed by atoms with Crippen LogP contribution in [-0.4, -0.2) is 41.9 Å². The Hall–Kier alpha value is -3.35. The second kappa shape index (κ2) is 9.20. The summed E-state index contributed by atoms with van der Waals surface area (Å²) in [7, 11) is 1.64. The Morgan fingerprint density at radius 3 is 2.74 bits per heavy atom. The fraction of sp³-hybridized carbons (Fsp3) is 0.333. The largest absolute Gasteiger partial charge is 0.497 e.